The molecule has 0 aromatic carbocycles. The summed E-state index contributed by atoms with van der Waals surface area (Å²) in [6, 6.07) is 0. The Morgan fingerprint density at radius 2 is 1.40 bits per heavy atom. The molecule has 0 aliphatic rings. The van der Waals surface area contributed by atoms with Gasteiger partial charge in [-0.3, -0.25) is 0 Å². The zero-order chi connectivity index (χ0) is 15.8. The van der Waals surface area contributed by atoms with Crippen LogP contribution in [-0.4, -0.2) is 47.1 Å². The summed E-state index contributed by atoms with van der Waals surface area (Å²) in [7, 11) is 0. The maximum absolute atomic E-state index is 10.3. The molecule has 1 radical (unpaired) electrons. The summed E-state index contributed by atoms with van der Waals surface area (Å²) >= 11 is 0.569. The van der Waals surface area contributed by atoms with Crippen LogP contribution >= 0.6 is 11.8 Å². The van der Waals surface area contributed by atoms with Gasteiger partial charge in [0.15, 0.2) is 5.44 Å². The van der Waals surface area contributed by atoms with Crippen molar-refractivity contribution in [3.63, 3.8) is 0 Å². The number of aliphatic hydroxyl groups excluding tert-OH is 1. The van der Waals surface area contributed by atoms with Gasteiger partial charge >= 0.3 is 40.5 Å². The molecule has 20 heavy (non-hydrogen) atoms. The second-order valence-corrected chi connectivity index (χ2v) is 15.3. The minimum atomic E-state index is -1.25. The Hall–Kier alpha value is 0.579. The van der Waals surface area contributed by atoms with E-state index in [0.717, 1.165) is 30.4 Å². The van der Waals surface area contributed by atoms with Crippen LogP contribution in [-0.2, 0) is 4.79 Å². The van der Waals surface area contributed by atoms with E-state index in [1.54, 1.807) is 0 Å². The summed E-state index contributed by atoms with van der Waals surface area (Å²) in [5.41, 5.74) is -1.25. The Morgan fingerprint density at radius 3 is 1.80 bits per heavy atom. The number of hydrogen-bond acceptors (Lipinski definition) is 3. The molecule has 5 heteroatoms. The Bertz CT molecular complexity index is 211. The van der Waals surface area contributed by atoms with Crippen LogP contribution in [0.15, 0.2) is 0 Å². The molecule has 0 aliphatic heterocycles. The van der Waals surface area contributed by atoms with Crippen molar-refractivity contribution in [3.05, 3.63) is 0 Å². The van der Waals surface area contributed by atoms with E-state index in [-0.39, 0.29) is 0 Å². The molecule has 0 spiro atoms. The van der Waals surface area contributed by atoms with Crippen LogP contribution in [0.2, 0.25) is 14.8 Å². The molecule has 0 fully saturated rings. The van der Waals surface area contributed by atoms with Gasteiger partial charge in [0.25, 0.3) is 0 Å². The van der Waals surface area contributed by atoms with Gasteiger partial charge in [-0.05, 0) is 12.2 Å². The number of thioether (sulfide) groups is 1. The van der Waals surface area contributed by atoms with E-state index in [1.807, 2.05) is 0 Å². The average molecular weight is 412 g/mol. The summed E-state index contributed by atoms with van der Waals surface area (Å²) in [4.78, 5) is 17.4. The molecule has 3 nitrogen and oxygen atoms in total. The molecular formula is C15H33O3SSn. The second-order valence-electron chi connectivity index (χ2n) is 5.54. The molecule has 0 amide bonds. The van der Waals surface area contributed by atoms with Gasteiger partial charge in [0.05, 0.1) is 0 Å². The topological polar surface area (TPSA) is 57.5 Å². The predicted octanol–water partition coefficient (Wildman–Crippen LogP) is 4.63. The van der Waals surface area contributed by atoms with Crippen LogP contribution in [0, 0.1) is 0 Å². The first-order valence-corrected chi connectivity index (χ1v) is 17.3. The van der Waals surface area contributed by atoms with E-state index in [4.69, 9.17) is 10.2 Å². The van der Waals surface area contributed by atoms with Crippen molar-refractivity contribution in [2.75, 3.05) is 5.75 Å². The van der Waals surface area contributed by atoms with Gasteiger partial charge < -0.3 is 10.2 Å². The second kappa shape index (κ2) is 17.6. The van der Waals surface area contributed by atoms with E-state index in [1.165, 1.54) is 38.5 Å². The van der Waals surface area contributed by atoms with Crippen molar-refractivity contribution in [1.29, 1.82) is 0 Å². The van der Waals surface area contributed by atoms with Gasteiger partial charge in [-0.15, -0.1) is 11.8 Å². The Balaban J connectivity index is 0. The molecule has 2 N–H and O–H groups in total. The summed E-state index contributed by atoms with van der Waals surface area (Å²) in [6.07, 6.45) is 9.93. The molecule has 0 saturated carbocycles. The van der Waals surface area contributed by atoms with Crippen molar-refractivity contribution >= 4 is 37.5 Å². The Morgan fingerprint density at radius 1 is 1.00 bits per heavy atom. The fraction of sp³-hybridized carbons (Fsp3) is 0.933. The standard InChI is InChI=1S/C12H24O3S.3CH3.Sn/c1-2-3-4-5-6-7-8-9-10-16-12(15)11(13)14;;;;/h12,15H,2-10H2,1H3,(H,13,14);3*1H3;. The molecule has 0 aromatic heterocycles. The van der Waals surface area contributed by atoms with Crippen LogP contribution in [0.25, 0.3) is 0 Å². The quantitative estimate of drug-likeness (QED) is 0.295. The summed E-state index contributed by atoms with van der Waals surface area (Å²) in [5.74, 6) is -0.396. The Labute approximate surface area is 136 Å². The van der Waals surface area contributed by atoms with Gasteiger partial charge in [-0.25, -0.2) is 4.79 Å². The maximum atomic E-state index is 10.3. The number of rotatable bonds is 11. The third-order valence-electron chi connectivity index (χ3n) is 2.48. The fourth-order valence-corrected chi connectivity index (χ4v) is 2.24. The van der Waals surface area contributed by atoms with Crippen LogP contribution in [0.4, 0.5) is 0 Å². The molecule has 1 unspecified atom stereocenters. The van der Waals surface area contributed by atoms with E-state index >= 15 is 0 Å². The molecule has 0 rings (SSSR count). The number of carboxylic acids is 1. The summed E-state index contributed by atoms with van der Waals surface area (Å²) in [5, 5.41) is 17.4. The SMILES string of the molecule is CCCCCCCCCCSC(O)C(=O)O.[CH3][Sn]([CH3])[CH3]. The number of aliphatic carboxylic acids is 1. The van der Waals surface area contributed by atoms with Crippen molar-refractivity contribution in [2.24, 2.45) is 0 Å². The van der Waals surface area contributed by atoms with Gasteiger partial charge in [0, 0.05) is 0 Å². The molecular weight excluding hydrogens is 379 g/mol. The Kier molecular flexibility index (Phi) is 20.1. The van der Waals surface area contributed by atoms with Crippen LogP contribution < -0.4 is 0 Å². The van der Waals surface area contributed by atoms with Crippen molar-refractivity contribution < 1.29 is 15.0 Å². The zero-order valence-corrected chi connectivity index (χ0v) is 17.3. The van der Waals surface area contributed by atoms with Crippen LogP contribution in [0.1, 0.15) is 58.3 Å². The third kappa shape index (κ3) is 23.7. The minimum absolute atomic E-state index is 0.543. The van der Waals surface area contributed by atoms with E-state index in [9.17, 15) is 4.79 Å². The predicted molar refractivity (Wildman–Crippen MR) is 92.1 cm³/mol. The molecule has 0 aromatic rings. The summed E-state index contributed by atoms with van der Waals surface area (Å²) in [6.45, 7) is 2.21. The number of carboxylic acid groups (broad SMARTS) is 1. The fourth-order valence-electron chi connectivity index (χ4n) is 1.50. The van der Waals surface area contributed by atoms with Gasteiger partial charge in [-0.1, -0.05) is 51.9 Å². The first-order chi connectivity index (χ1) is 9.41. The first kappa shape index (κ1) is 22.9. The number of hydrogen-bond donors (Lipinski definition) is 2. The number of unbranched alkanes of at least 4 members (excludes halogenated alkanes) is 7. The zero-order valence-electron chi connectivity index (χ0n) is 13.7. The van der Waals surface area contributed by atoms with Crippen molar-refractivity contribution in [2.45, 2.75) is 78.5 Å². The van der Waals surface area contributed by atoms with Crippen LogP contribution in [0.5, 0.6) is 0 Å². The summed E-state index contributed by atoms with van der Waals surface area (Å²) < 4.78 is 0. The molecule has 0 saturated heterocycles. The average Bonchev–Trinajstić information content (AvgIpc) is 2.35. The third-order valence-corrected chi connectivity index (χ3v) is 3.53. The van der Waals surface area contributed by atoms with Crippen molar-refractivity contribution in [3.8, 4) is 0 Å². The molecule has 0 heterocycles. The molecule has 0 bridgehead atoms. The molecule has 0 aliphatic carbocycles. The van der Waals surface area contributed by atoms with E-state index in [2.05, 4.69) is 21.7 Å². The normalized spacial score (nSPS) is 11.9. The van der Waals surface area contributed by atoms with E-state index in [0.29, 0.717) is 0 Å². The van der Waals surface area contributed by atoms with Gasteiger partial charge in [-0.2, -0.15) is 0 Å². The monoisotopic (exact) mass is 413 g/mol. The van der Waals surface area contributed by atoms with Crippen molar-refractivity contribution in [1.82, 2.24) is 0 Å². The molecule has 121 valence electrons. The first-order valence-electron chi connectivity index (χ1n) is 7.71. The van der Waals surface area contributed by atoms with Crippen LogP contribution in [0.3, 0.4) is 0 Å². The van der Waals surface area contributed by atoms with Gasteiger partial charge in [0.1, 0.15) is 0 Å². The van der Waals surface area contributed by atoms with E-state index < -0.39 is 31.2 Å². The van der Waals surface area contributed by atoms with Gasteiger partial charge in [0.2, 0.25) is 0 Å². The number of carbonyl (C=O) groups is 1. The molecule has 1 atom stereocenters. The number of aliphatic hydroxyl groups is 1.